The lowest BCUT2D eigenvalue weighted by atomic mass is 10.3. The van der Waals surface area contributed by atoms with Crippen molar-refractivity contribution in [1.82, 2.24) is 4.90 Å². The van der Waals surface area contributed by atoms with Gasteiger partial charge < -0.3 is 0 Å². The summed E-state index contributed by atoms with van der Waals surface area (Å²) in [5.74, 6) is 0.126. The van der Waals surface area contributed by atoms with E-state index in [0.717, 1.165) is 0 Å². The lowest BCUT2D eigenvalue weighted by Gasteiger charge is -2.26. The number of nitrogens with zero attached hydrogens (tertiary/aromatic N) is 3. The Bertz CT molecular complexity index is 436. The molecular weight excluding hydrogens is 228 g/mol. The molecule has 0 amide bonds. The van der Waals surface area contributed by atoms with E-state index in [2.05, 4.69) is 5.10 Å². The van der Waals surface area contributed by atoms with Gasteiger partial charge in [0.2, 0.25) is 0 Å². The molecule has 0 bridgehead atoms. The largest absolute Gasteiger partial charge is 0.318 e. The molecule has 0 saturated carbocycles. The molecule has 0 N–H and O–H groups in total. The van der Waals surface area contributed by atoms with E-state index in [9.17, 15) is 13.6 Å². The summed E-state index contributed by atoms with van der Waals surface area (Å²) in [7, 11) is 0. The summed E-state index contributed by atoms with van der Waals surface area (Å²) in [5, 5.41) is 5.26. The average molecular weight is 239 g/mol. The molecule has 1 aromatic carbocycles. The Morgan fingerprint density at radius 2 is 2.00 bits per heavy atom. The van der Waals surface area contributed by atoms with Gasteiger partial charge >= 0.3 is 6.55 Å². The Labute approximate surface area is 97.1 Å². The summed E-state index contributed by atoms with van der Waals surface area (Å²) in [6.07, 6.45) is -0.628. The van der Waals surface area contributed by atoms with Crippen molar-refractivity contribution in [3.63, 3.8) is 0 Å². The van der Waals surface area contributed by atoms with E-state index in [0.29, 0.717) is 16.9 Å². The third-order valence-corrected chi connectivity index (χ3v) is 2.51. The van der Waals surface area contributed by atoms with Crippen LogP contribution >= 0.6 is 0 Å². The second kappa shape index (κ2) is 4.48. The number of aldehydes is 1. The molecule has 90 valence electrons. The quantitative estimate of drug-likeness (QED) is 0.597. The highest BCUT2D eigenvalue weighted by atomic mass is 19.3. The highest BCUT2D eigenvalue weighted by Gasteiger charge is 2.37. The van der Waals surface area contributed by atoms with Crippen LogP contribution in [0.2, 0.25) is 0 Å². The lowest BCUT2D eigenvalue weighted by Crippen LogP contribution is -2.45. The van der Waals surface area contributed by atoms with Crippen LogP contribution in [0.1, 0.15) is 6.92 Å². The van der Waals surface area contributed by atoms with Crippen LogP contribution in [0.4, 0.5) is 14.5 Å². The molecule has 0 aliphatic carbocycles. The number of hydrazone groups is 1. The van der Waals surface area contributed by atoms with E-state index in [4.69, 9.17) is 0 Å². The van der Waals surface area contributed by atoms with Crippen LogP contribution < -0.4 is 5.01 Å². The fourth-order valence-electron chi connectivity index (χ4n) is 1.75. The first-order valence-electron chi connectivity index (χ1n) is 5.06. The topological polar surface area (TPSA) is 35.9 Å². The molecule has 0 radical (unpaired) electrons. The number of carbonyl (C=O) groups excluding carboxylic acids is 1. The summed E-state index contributed by atoms with van der Waals surface area (Å²) in [6, 6.07) is 8.74. The van der Waals surface area contributed by atoms with Gasteiger partial charge in [0.1, 0.15) is 5.84 Å². The zero-order valence-corrected chi connectivity index (χ0v) is 9.12. The van der Waals surface area contributed by atoms with Gasteiger partial charge in [-0.1, -0.05) is 18.2 Å². The van der Waals surface area contributed by atoms with Crippen LogP contribution in [-0.4, -0.2) is 29.7 Å². The number of alkyl halides is 2. The Morgan fingerprint density at radius 1 is 1.35 bits per heavy atom. The number of carbonyl (C=O) groups is 1. The molecule has 0 saturated heterocycles. The van der Waals surface area contributed by atoms with E-state index in [1.54, 1.807) is 30.3 Å². The number of amidine groups is 1. The summed E-state index contributed by atoms with van der Waals surface area (Å²) in [5.41, 5.74) is 0.604. The predicted molar refractivity (Wildman–Crippen MR) is 59.7 cm³/mol. The first-order valence-corrected chi connectivity index (χ1v) is 5.06. The molecule has 6 heteroatoms. The Morgan fingerprint density at radius 3 is 2.53 bits per heavy atom. The van der Waals surface area contributed by atoms with E-state index >= 15 is 0 Å². The molecule has 0 spiro atoms. The van der Waals surface area contributed by atoms with Crippen molar-refractivity contribution >= 4 is 17.8 Å². The smallest absolute Gasteiger partial charge is 0.299 e. The summed E-state index contributed by atoms with van der Waals surface area (Å²) in [6.45, 7) is -1.30. The third-order valence-electron chi connectivity index (χ3n) is 2.51. The van der Waals surface area contributed by atoms with Gasteiger partial charge in [-0.05, 0) is 19.1 Å². The maximum absolute atomic E-state index is 12.8. The van der Waals surface area contributed by atoms with E-state index in [-0.39, 0.29) is 5.84 Å². The highest BCUT2D eigenvalue weighted by Crippen LogP contribution is 2.25. The van der Waals surface area contributed by atoms with Crippen molar-refractivity contribution in [2.45, 2.75) is 19.6 Å². The molecule has 17 heavy (non-hydrogen) atoms. The van der Waals surface area contributed by atoms with Crippen molar-refractivity contribution < 1.29 is 13.6 Å². The van der Waals surface area contributed by atoms with Crippen LogP contribution in [-0.2, 0) is 4.79 Å². The first-order chi connectivity index (χ1) is 8.15. The van der Waals surface area contributed by atoms with Gasteiger partial charge in [-0.15, -0.1) is 0 Å². The van der Waals surface area contributed by atoms with Crippen LogP contribution in [0.5, 0.6) is 0 Å². The molecule has 1 aliphatic rings. The molecular formula is C11H11F2N3O. The normalized spacial score (nSPS) is 19.8. The van der Waals surface area contributed by atoms with Crippen molar-refractivity contribution in [2.75, 3.05) is 5.01 Å². The van der Waals surface area contributed by atoms with E-state index in [1.165, 1.54) is 11.9 Å². The number of benzene rings is 1. The number of hydrogen-bond acceptors (Lipinski definition) is 4. The zero-order valence-electron chi connectivity index (χ0n) is 9.12. The van der Waals surface area contributed by atoms with E-state index in [1.807, 2.05) is 0 Å². The third kappa shape index (κ3) is 1.98. The molecule has 2 rings (SSSR count). The van der Waals surface area contributed by atoms with Crippen molar-refractivity contribution in [3.05, 3.63) is 30.3 Å². The zero-order chi connectivity index (χ0) is 12.4. The van der Waals surface area contributed by atoms with Gasteiger partial charge in [0.05, 0.1) is 5.69 Å². The van der Waals surface area contributed by atoms with Gasteiger partial charge in [0.25, 0.3) is 0 Å². The van der Waals surface area contributed by atoms with Crippen molar-refractivity contribution in [3.8, 4) is 0 Å². The Balaban J connectivity index is 2.34. The van der Waals surface area contributed by atoms with Crippen LogP contribution in [0.3, 0.4) is 0 Å². The standard InChI is InChI=1S/C11H11F2N3O/c1-8-14-16(9-5-3-2-4-6-9)10(7-17)15(8)11(12)13/h2-7,10-11H,1H3. The average Bonchev–Trinajstić information content (AvgIpc) is 2.67. The minimum Gasteiger partial charge on any atom is -0.299 e. The molecule has 1 aromatic rings. The summed E-state index contributed by atoms with van der Waals surface area (Å²) >= 11 is 0. The van der Waals surface area contributed by atoms with Crippen molar-refractivity contribution in [1.29, 1.82) is 0 Å². The molecule has 0 fully saturated rings. The molecule has 1 atom stereocenters. The fourth-order valence-corrected chi connectivity index (χ4v) is 1.75. The predicted octanol–water partition coefficient (Wildman–Crippen LogP) is 1.89. The number of anilines is 1. The van der Waals surface area contributed by atoms with Gasteiger partial charge in [-0.25, -0.2) is 5.01 Å². The summed E-state index contributed by atoms with van der Waals surface area (Å²) in [4.78, 5) is 11.6. The van der Waals surface area contributed by atoms with Gasteiger partial charge in [-0.3, -0.25) is 9.69 Å². The molecule has 4 nitrogen and oxygen atoms in total. The van der Waals surface area contributed by atoms with Gasteiger partial charge in [0.15, 0.2) is 12.5 Å². The Kier molecular flexibility index (Phi) is 3.03. The molecule has 1 aliphatic heterocycles. The van der Waals surface area contributed by atoms with Crippen LogP contribution in [0.15, 0.2) is 35.4 Å². The SMILES string of the molecule is CC1=NN(c2ccccc2)C(C=O)N1C(F)F. The summed E-state index contributed by atoms with van der Waals surface area (Å²) < 4.78 is 25.6. The number of para-hydroxylation sites is 1. The Hall–Kier alpha value is -1.98. The minimum atomic E-state index is -2.75. The first kappa shape index (κ1) is 11.5. The highest BCUT2D eigenvalue weighted by molar-refractivity contribution is 5.88. The lowest BCUT2D eigenvalue weighted by molar-refractivity contribution is -0.114. The maximum atomic E-state index is 12.8. The molecule has 1 unspecified atom stereocenters. The minimum absolute atomic E-state index is 0.126. The molecule has 0 aromatic heterocycles. The molecule has 1 heterocycles. The van der Waals surface area contributed by atoms with E-state index < -0.39 is 12.7 Å². The van der Waals surface area contributed by atoms with Crippen LogP contribution in [0.25, 0.3) is 0 Å². The number of hydrogen-bond donors (Lipinski definition) is 0. The van der Waals surface area contributed by atoms with Gasteiger partial charge in [0, 0.05) is 0 Å². The monoisotopic (exact) mass is 239 g/mol. The van der Waals surface area contributed by atoms with Crippen LogP contribution in [0, 0.1) is 0 Å². The number of halogens is 2. The van der Waals surface area contributed by atoms with Gasteiger partial charge in [-0.2, -0.15) is 13.9 Å². The maximum Gasteiger partial charge on any atom is 0.318 e. The fraction of sp³-hybridized carbons (Fsp3) is 0.273. The number of rotatable bonds is 3. The van der Waals surface area contributed by atoms with Crippen molar-refractivity contribution in [2.24, 2.45) is 5.10 Å². The second-order valence-electron chi connectivity index (χ2n) is 3.56. The second-order valence-corrected chi connectivity index (χ2v) is 3.56.